The van der Waals surface area contributed by atoms with Gasteiger partial charge < -0.3 is 18.9 Å². The SMILES string of the molecule is CC.CC.CC.CC.CCn1c2ccccc2c2c(C)c(CN(C)C)[c-]c(-c3[c-]cccc3)c21.CCn1c2ccccc2c2c(C)c(CN(C)C)c3c(c21)Cc1ccccc1-3.[Y]. The van der Waals surface area contributed by atoms with Gasteiger partial charge in [0, 0.05) is 87.1 Å². The largest absolute Gasteiger partial charge is 0.390 e. The molecule has 0 saturated heterocycles. The molecule has 6 aromatic carbocycles. The van der Waals surface area contributed by atoms with Gasteiger partial charge in [0.1, 0.15) is 0 Å². The summed E-state index contributed by atoms with van der Waals surface area (Å²) in [5.41, 5.74) is 19.1. The normalized spacial score (nSPS) is 10.9. The van der Waals surface area contributed by atoms with Gasteiger partial charge in [0.05, 0.1) is 5.52 Å². The molecule has 0 N–H and O–H groups in total. The van der Waals surface area contributed by atoms with E-state index in [0.717, 1.165) is 43.7 Å². The maximum absolute atomic E-state index is 3.75. The number of hydrogen-bond acceptors (Lipinski definition) is 2. The zero-order valence-corrected chi connectivity index (χ0v) is 44.0. The van der Waals surface area contributed by atoms with Crippen LogP contribution in [0.2, 0.25) is 0 Å². The topological polar surface area (TPSA) is 16.3 Å². The van der Waals surface area contributed by atoms with Crippen LogP contribution in [-0.2, 0) is 65.3 Å². The Hall–Kier alpha value is -4.06. The molecule has 0 amide bonds. The molecule has 0 atom stereocenters. The van der Waals surface area contributed by atoms with Crippen LogP contribution >= 0.6 is 0 Å². The van der Waals surface area contributed by atoms with Crippen molar-refractivity contribution >= 4 is 43.6 Å². The van der Waals surface area contributed by atoms with Crippen molar-refractivity contribution in [3.8, 4) is 22.3 Å². The summed E-state index contributed by atoms with van der Waals surface area (Å²) < 4.78 is 4.95. The van der Waals surface area contributed by atoms with Crippen LogP contribution in [0.1, 0.15) is 103 Å². The molecular formula is C57H74N4Y-2. The Balaban J connectivity index is 0.000000281. The third-order valence-corrected chi connectivity index (χ3v) is 11.2. The second kappa shape index (κ2) is 24.7. The molecule has 1 aliphatic rings. The average molecular weight is 904 g/mol. The van der Waals surface area contributed by atoms with Gasteiger partial charge in [0.2, 0.25) is 0 Å². The molecule has 0 saturated carbocycles. The van der Waals surface area contributed by atoms with Gasteiger partial charge >= 0.3 is 0 Å². The maximum Gasteiger partial charge on any atom is 0.0536 e. The van der Waals surface area contributed by atoms with Crippen LogP contribution in [0.3, 0.4) is 0 Å². The molecule has 9 rings (SSSR count). The second-order valence-electron chi connectivity index (χ2n) is 15.1. The smallest absolute Gasteiger partial charge is 0.0536 e. The Morgan fingerprint density at radius 3 is 1.61 bits per heavy atom. The van der Waals surface area contributed by atoms with Crippen molar-refractivity contribution in [2.24, 2.45) is 0 Å². The predicted molar refractivity (Wildman–Crippen MR) is 271 cm³/mol. The summed E-state index contributed by atoms with van der Waals surface area (Å²) in [7, 11) is 8.57. The van der Waals surface area contributed by atoms with Crippen LogP contribution in [0.15, 0.2) is 97.1 Å². The van der Waals surface area contributed by atoms with Crippen LogP contribution < -0.4 is 0 Å². The summed E-state index contributed by atoms with van der Waals surface area (Å²) in [4.78, 5) is 4.51. The van der Waals surface area contributed by atoms with E-state index in [2.05, 4.69) is 172 Å². The first-order chi connectivity index (χ1) is 29.7. The average Bonchev–Trinajstić information content (AvgIpc) is 3.97. The molecule has 0 fully saturated rings. The number of para-hydroxylation sites is 2. The number of fused-ring (bicyclic) bond motifs is 10. The van der Waals surface area contributed by atoms with Gasteiger partial charge in [-0.2, -0.15) is 30.3 Å². The first-order valence-electron chi connectivity index (χ1n) is 23.1. The molecule has 327 valence electrons. The Morgan fingerprint density at radius 2 is 1.08 bits per heavy atom. The standard InChI is InChI=1S/C25H26N2.C24H24N2.4C2H6.Y/c1-5-27-22-13-9-8-12-19(22)23-16(2)21(15-26(3)4)24-18-11-7-6-10-17(18)14-20(24)25(23)27;1-5-26-22-14-10-9-13-20(22)23-17(2)19(16-25(3)4)15-21(24(23)26)18-11-7-6-8-12-18;4*1-2;/h6-13H,5,14-15H2,1-4H3;6-11,13-14H,5,16H2,1-4H3;4*1-2H3;/q;-2;;;;;. The van der Waals surface area contributed by atoms with E-state index in [0.29, 0.717) is 0 Å². The Labute approximate surface area is 401 Å². The third-order valence-electron chi connectivity index (χ3n) is 11.2. The Bertz CT molecular complexity index is 2640. The van der Waals surface area contributed by atoms with Crippen molar-refractivity contribution < 1.29 is 32.7 Å². The molecule has 2 heterocycles. The maximum atomic E-state index is 3.75. The van der Waals surface area contributed by atoms with Crippen molar-refractivity contribution in [1.82, 2.24) is 18.9 Å². The van der Waals surface area contributed by atoms with E-state index in [1.807, 2.05) is 67.5 Å². The summed E-state index contributed by atoms with van der Waals surface area (Å²) in [6.45, 7) is 28.8. The molecule has 1 aliphatic carbocycles. The summed E-state index contributed by atoms with van der Waals surface area (Å²) >= 11 is 0. The van der Waals surface area contributed by atoms with Crippen LogP contribution in [0, 0.1) is 26.0 Å². The first-order valence-corrected chi connectivity index (χ1v) is 23.1. The van der Waals surface area contributed by atoms with Crippen LogP contribution in [0.25, 0.3) is 65.9 Å². The molecule has 1 radical (unpaired) electrons. The van der Waals surface area contributed by atoms with E-state index in [1.54, 1.807) is 0 Å². The van der Waals surface area contributed by atoms with E-state index in [4.69, 9.17) is 0 Å². The first kappa shape index (κ1) is 52.3. The minimum atomic E-state index is 0. The van der Waals surface area contributed by atoms with Crippen molar-refractivity contribution in [2.45, 2.75) is 116 Å². The van der Waals surface area contributed by atoms with Crippen molar-refractivity contribution in [3.63, 3.8) is 0 Å². The minimum absolute atomic E-state index is 0. The summed E-state index contributed by atoms with van der Waals surface area (Å²) in [5.74, 6) is 0. The minimum Gasteiger partial charge on any atom is -0.390 e. The van der Waals surface area contributed by atoms with Crippen LogP contribution in [-0.4, -0.2) is 47.1 Å². The summed E-state index contributed by atoms with van der Waals surface area (Å²) in [6, 6.07) is 42.0. The van der Waals surface area contributed by atoms with Gasteiger partial charge in [-0.25, -0.2) is 11.1 Å². The number of hydrogen-bond donors (Lipinski definition) is 0. The fourth-order valence-electron chi connectivity index (χ4n) is 9.03. The monoisotopic (exact) mass is 903 g/mol. The quantitative estimate of drug-likeness (QED) is 0.148. The predicted octanol–water partition coefficient (Wildman–Crippen LogP) is 15.3. The van der Waals surface area contributed by atoms with Crippen LogP contribution in [0.5, 0.6) is 0 Å². The Morgan fingerprint density at radius 1 is 0.581 bits per heavy atom. The Kier molecular flexibility index (Phi) is 20.8. The van der Waals surface area contributed by atoms with Gasteiger partial charge in [-0.3, -0.25) is 0 Å². The summed E-state index contributed by atoms with van der Waals surface area (Å²) in [6.07, 6.45) is 1.04. The molecule has 5 heteroatoms. The van der Waals surface area contributed by atoms with Gasteiger partial charge in [0.15, 0.2) is 0 Å². The molecule has 0 spiro atoms. The number of nitrogens with zero attached hydrogens (tertiary/aromatic N) is 4. The van der Waals surface area contributed by atoms with E-state index in [9.17, 15) is 0 Å². The molecule has 0 unspecified atom stereocenters. The van der Waals surface area contributed by atoms with Crippen molar-refractivity contribution in [1.29, 1.82) is 0 Å². The number of aromatic nitrogens is 2. The van der Waals surface area contributed by atoms with Gasteiger partial charge in [0.25, 0.3) is 0 Å². The summed E-state index contributed by atoms with van der Waals surface area (Å²) in [5, 5.41) is 5.53. The number of benzene rings is 6. The molecule has 0 bridgehead atoms. The number of aryl methyl sites for hydroxylation is 4. The van der Waals surface area contributed by atoms with Gasteiger partial charge in [-0.15, -0.1) is 17.2 Å². The molecule has 62 heavy (non-hydrogen) atoms. The van der Waals surface area contributed by atoms with E-state index in [-0.39, 0.29) is 32.7 Å². The van der Waals surface area contributed by atoms with Crippen molar-refractivity contribution in [2.75, 3.05) is 28.2 Å². The van der Waals surface area contributed by atoms with Gasteiger partial charge in [-0.1, -0.05) is 134 Å². The van der Waals surface area contributed by atoms with Crippen LogP contribution in [0.4, 0.5) is 0 Å². The number of rotatable bonds is 7. The van der Waals surface area contributed by atoms with Gasteiger partial charge in [-0.05, 0) is 99.9 Å². The molecular weight excluding hydrogens is 830 g/mol. The fraction of sp³-hybridized carbons (Fsp3) is 0.368. The molecule has 4 nitrogen and oxygen atoms in total. The third kappa shape index (κ3) is 10.2. The van der Waals surface area contributed by atoms with E-state index in [1.165, 1.54) is 88.1 Å². The van der Waals surface area contributed by atoms with Crippen molar-refractivity contribution in [3.05, 3.63) is 143 Å². The van der Waals surface area contributed by atoms with E-state index < -0.39 is 0 Å². The zero-order chi connectivity index (χ0) is 45.0. The van der Waals surface area contributed by atoms with E-state index >= 15 is 0 Å². The molecule has 2 aromatic heterocycles. The molecule has 0 aliphatic heterocycles. The molecule has 8 aromatic rings. The second-order valence-corrected chi connectivity index (χ2v) is 15.1. The fourth-order valence-corrected chi connectivity index (χ4v) is 9.03. The zero-order valence-electron chi connectivity index (χ0n) is 41.1.